The van der Waals surface area contributed by atoms with E-state index in [4.69, 9.17) is 0 Å². The lowest BCUT2D eigenvalue weighted by Crippen LogP contribution is -2.38. The fourth-order valence-electron chi connectivity index (χ4n) is 2.84. The molecule has 1 atom stereocenters. The van der Waals surface area contributed by atoms with Crippen LogP contribution in [0.5, 0.6) is 0 Å². The Morgan fingerprint density at radius 3 is 2.73 bits per heavy atom. The molecule has 1 aromatic carbocycles. The van der Waals surface area contributed by atoms with Crippen LogP contribution in [0.2, 0.25) is 0 Å². The molecule has 0 N–H and O–H groups in total. The molecule has 1 aromatic heterocycles. The van der Waals surface area contributed by atoms with Gasteiger partial charge in [0.2, 0.25) is 5.95 Å². The van der Waals surface area contributed by atoms with Crippen molar-refractivity contribution in [2.24, 2.45) is 0 Å². The first-order valence-corrected chi connectivity index (χ1v) is 7.33. The number of pyridine rings is 1. The number of benzene rings is 1. The lowest BCUT2D eigenvalue weighted by Gasteiger charge is -2.28. The van der Waals surface area contributed by atoms with Gasteiger partial charge >= 0.3 is 0 Å². The van der Waals surface area contributed by atoms with Crippen molar-refractivity contribution in [3.8, 4) is 0 Å². The fraction of sp³-hybridized carbons (Fsp3) is 0.294. The Kier molecular flexibility index (Phi) is 3.79. The van der Waals surface area contributed by atoms with Crippen molar-refractivity contribution in [3.05, 3.63) is 54.1 Å². The van der Waals surface area contributed by atoms with Crippen molar-refractivity contribution in [1.82, 2.24) is 4.98 Å². The molecule has 0 radical (unpaired) electrons. The number of amides is 1. The van der Waals surface area contributed by atoms with Crippen LogP contribution < -0.4 is 9.80 Å². The minimum atomic E-state index is -0.640. The molecule has 1 aliphatic rings. The SMILES string of the molecule is CC1CCN(C)c2ccccc2N1C(=O)c1ccnc(F)c1. The van der Waals surface area contributed by atoms with Crippen molar-refractivity contribution in [3.63, 3.8) is 0 Å². The van der Waals surface area contributed by atoms with E-state index in [0.29, 0.717) is 5.56 Å². The lowest BCUT2D eigenvalue weighted by molar-refractivity contribution is 0.0977. The Bertz CT molecular complexity index is 704. The average molecular weight is 299 g/mol. The number of halogens is 1. The normalized spacial score (nSPS) is 17.9. The summed E-state index contributed by atoms with van der Waals surface area (Å²) in [4.78, 5) is 20.3. The third-order valence-corrected chi connectivity index (χ3v) is 4.07. The van der Waals surface area contributed by atoms with Crippen LogP contribution in [-0.2, 0) is 0 Å². The fourth-order valence-corrected chi connectivity index (χ4v) is 2.84. The van der Waals surface area contributed by atoms with E-state index in [0.717, 1.165) is 24.3 Å². The number of aromatic nitrogens is 1. The van der Waals surface area contributed by atoms with Gasteiger partial charge in [0, 0.05) is 37.5 Å². The number of para-hydroxylation sites is 2. The van der Waals surface area contributed by atoms with Gasteiger partial charge in [-0.2, -0.15) is 4.39 Å². The molecule has 1 unspecified atom stereocenters. The summed E-state index contributed by atoms with van der Waals surface area (Å²) >= 11 is 0. The molecule has 0 fully saturated rings. The highest BCUT2D eigenvalue weighted by Gasteiger charge is 2.29. The molecule has 1 amide bonds. The summed E-state index contributed by atoms with van der Waals surface area (Å²) in [7, 11) is 2.02. The van der Waals surface area contributed by atoms with Crippen LogP contribution in [0.3, 0.4) is 0 Å². The Hall–Kier alpha value is -2.43. The van der Waals surface area contributed by atoms with Crippen LogP contribution in [0.1, 0.15) is 23.7 Å². The maximum Gasteiger partial charge on any atom is 0.258 e. The van der Waals surface area contributed by atoms with E-state index in [-0.39, 0.29) is 11.9 Å². The van der Waals surface area contributed by atoms with Gasteiger partial charge in [-0.1, -0.05) is 12.1 Å². The van der Waals surface area contributed by atoms with Crippen molar-refractivity contribution < 1.29 is 9.18 Å². The van der Waals surface area contributed by atoms with Gasteiger partial charge in [-0.3, -0.25) is 4.79 Å². The predicted molar refractivity (Wildman–Crippen MR) is 84.8 cm³/mol. The molecular formula is C17H18FN3O. The predicted octanol–water partition coefficient (Wildman–Crippen LogP) is 3.10. The van der Waals surface area contributed by atoms with Crippen molar-refractivity contribution in [2.75, 3.05) is 23.4 Å². The van der Waals surface area contributed by atoms with Crippen LogP contribution in [0.25, 0.3) is 0 Å². The molecule has 3 rings (SSSR count). The summed E-state index contributed by atoms with van der Waals surface area (Å²) < 4.78 is 13.3. The zero-order valence-electron chi connectivity index (χ0n) is 12.7. The van der Waals surface area contributed by atoms with Crippen LogP contribution in [0, 0.1) is 5.95 Å². The van der Waals surface area contributed by atoms with Gasteiger partial charge in [0.15, 0.2) is 0 Å². The van der Waals surface area contributed by atoms with Crippen molar-refractivity contribution in [2.45, 2.75) is 19.4 Å². The van der Waals surface area contributed by atoms with Crippen molar-refractivity contribution >= 4 is 17.3 Å². The molecule has 0 bridgehead atoms. The molecule has 1 aliphatic heterocycles. The monoisotopic (exact) mass is 299 g/mol. The number of carbonyl (C=O) groups excluding carboxylic acids is 1. The second kappa shape index (κ2) is 5.75. The first kappa shape index (κ1) is 14.5. The number of nitrogens with zero attached hydrogens (tertiary/aromatic N) is 3. The minimum absolute atomic E-state index is 0.0369. The smallest absolute Gasteiger partial charge is 0.258 e. The third kappa shape index (κ3) is 2.54. The van der Waals surface area contributed by atoms with E-state index in [9.17, 15) is 9.18 Å². The second-order valence-corrected chi connectivity index (χ2v) is 5.59. The first-order valence-electron chi connectivity index (χ1n) is 7.33. The standard InChI is InChI=1S/C17H18FN3O/c1-12-8-10-20(2)14-5-3-4-6-15(14)21(12)17(22)13-7-9-19-16(18)11-13/h3-7,9,11-12H,8,10H2,1-2H3. The van der Waals surface area contributed by atoms with E-state index in [1.165, 1.54) is 12.3 Å². The molecule has 2 aromatic rings. The number of fused-ring (bicyclic) bond motifs is 1. The zero-order chi connectivity index (χ0) is 15.7. The highest BCUT2D eigenvalue weighted by molar-refractivity contribution is 6.08. The number of carbonyl (C=O) groups is 1. The van der Waals surface area contributed by atoms with Crippen molar-refractivity contribution in [1.29, 1.82) is 0 Å². The van der Waals surface area contributed by atoms with E-state index in [2.05, 4.69) is 9.88 Å². The third-order valence-electron chi connectivity index (χ3n) is 4.07. The quantitative estimate of drug-likeness (QED) is 0.759. The largest absolute Gasteiger partial charge is 0.373 e. The molecule has 4 nitrogen and oxygen atoms in total. The van der Waals surface area contributed by atoms with Gasteiger partial charge in [-0.25, -0.2) is 4.98 Å². The van der Waals surface area contributed by atoms with E-state index < -0.39 is 5.95 Å². The summed E-state index contributed by atoms with van der Waals surface area (Å²) in [5.41, 5.74) is 2.19. The summed E-state index contributed by atoms with van der Waals surface area (Å²) in [6.45, 7) is 2.89. The van der Waals surface area contributed by atoms with E-state index in [1.807, 2.05) is 38.2 Å². The maximum absolute atomic E-state index is 13.3. The Balaban J connectivity index is 2.07. The summed E-state index contributed by atoms with van der Waals surface area (Å²) in [6.07, 6.45) is 2.17. The van der Waals surface area contributed by atoms with Crippen LogP contribution in [0.4, 0.5) is 15.8 Å². The molecule has 2 heterocycles. The van der Waals surface area contributed by atoms with Gasteiger partial charge < -0.3 is 9.80 Å². The molecule has 0 saturated carbocycles. The molecule has 0 saturated heterocycles. The Labute approximate surface area is 129 Å². The Morgan fingerprint density at radius 2 is 2.00 bits per heavy atom. The van der Waals surface area contributed by atoms with Gasteiger partial charge in [-0.15, -0.1) is 0 Å². The van der Waals surface area contributed by atoms with Gasteiger partial charge in [0.1, 0.15) is 0 Å². The van der Waals surface area contributed by atoms with Gasteiger partial charge in [-0.05, 0) is 31.5 Å². The molecule has 0 aliphatic carbocycles. The highest BCUT2D eigenvalue weighted by atomic mass is 19.1. The number of rotatable bonds is 1. The lowest BCUT2D eigenvalue weighted by atomic mass is 10.1. The molecule has 114 valence electrons. The summed E-state index contributed by atoms with van der Waals surface area (Å²) in [5.74, 6) is -0.838. The minimum Gasteiger partial charge on any atom is -0.373 e. The molecule has 22 heavy (non-hydrogen) atoms. The van der Waals surface area contributed by atoms with Crippen LogP contribution in [0.15, 0.2) is 42.6 Å². The first-order chi connectivity index (χ1) is 10.6. The Morgan fingerprint density at radius 1 is 1.27 bits per heavy atom. The zero-order valence-corrected chi connectivity index (χ0v) is 12.7. The molecule has 0 spiro atoms. The second-order valence-electron chi connectivity index (χ2n) is 5.59. The molecular weight excluding hydrogens is 281 g/mol. The molecule has 5 heteroatoms. The summed E-state index contributed by atoms with van der Waals surface area (Å²) in [6, 6.07) is 10.6. The summed E-state index contributed by atoms with van der Waals surface area (Å²) in [5, 5.41) is 0. The maximum atomic E-state index is 13.3. The van der Waals surface area contributed by atoms with E-state index >= 15 is 0 Å². The van der Waals surface area contributed by atoms with Crippen LogP contribution >= 0.6 is 0 Å². The topological polar surface area (TPSA) is 36.4 Å². The number of hydrogen-bond donors (Lipinski definition) is 0. The number of hydrogen-bond acceptors (Lipinski definition) is 3. The number of anilines is 2. The highest BCUT2D eigenvalue weighted by Crippen LogP contribution is 2.34. The van der Waals surface area contributed by atoms with Gasteiger partial charge in [0.05, 0.1) is 11.4 Å². The average Bonchev–Trinajstić information content (AvgIpc) is 2.64. The van der Waals surface area contributed by atoms with E-state index in [1.54, 1.807) is 11.0 Å². The van der Waals surface area contributed by atoms with Crippen LogP contribution in [-0.4, -0.2) is 30.5 Å². The van der Waals surface area contributed by atoms with Gasteiger partial charge in [0.25, 0.3) is 5.91 Å².